The number of carbonyl (C=O) groups is 2. The minimum atomic E-state index is -0.566. The standard InChI is InChI=1S/C17H26N2O2/c1-3-5-9-14(4-2)12-18-16(20)17(21)19-13-15-10-7-6-8-11-15/h6-8,10-11,14H,3-5,9,12-13H2,1-2H3,(H,18,20)(H,19,21)/t14-/m0/s1. The summed E-state index contributed by atoms with van der Waals surface area (Å²) in [6.45, 7) is 5.22. The van der Waals surface area contributed by atoms with E-state index in [0.717, 1.165) is 31.2 Å². The van der Waals surface area contributed by atoms with Gasteiger partial charge in [-0.25, -0.2) is 0 Å². The highest BCUT2D eigenvalue weighted by Gasteiger charge is 2.14. The molecule has 4 heteroatoms. The van der Waals surface area contributed by atoms with E-state index in [1.807, 2.05) is 30.3 Å². The lowest BCUT2D eigenvalue weighted by Gasteiger charge is -2.15. The van der Waals surface area contributed by atoms with Crippen molar-refractivity contribution in [2.24, 2.45) is 5.92 Å². The Morgan fingerprint density at radius 3 is 2.33 bits per heavy atom. The van der Waals surface area contributed by atoms with Gasteiger partial charge in [-0.3, -0.25) is 9.59 Å². The summed E-state index contributed by atoms with van der Waals surface area (Å²) in [5.74, 6) is -0.652. The van der Waals surface area contributed by atoms with Gasteiger partial charge in [-0.2, -0.15) is 0 Å². The maximum Gasteiger partial charge on any atom is 0.309 e. The molecule has 4 nitrogen and oxygen atoms in total. The minimum absolute atomic E-state index is 0.375. The van der Waals surface area contributed by atoms with Crippen molar-refractivity contribution >= 4 is 11.8 Å². The van der Waals surface area contributed by atoms with Gasteiger partial charge in [0.1, 0.15) is 0 Å². The average Bonchev–Trinajstić information content (AvgIpc) is 2.53. The van der Waals surface area contributed by atoms with Crippen LogP contribution in [0.3, 0.4) is 0 Å². The van der Waals surface area contributed by atoms with Crippen LogP contribution in [0, 0.1) is 5.92 Å². The van der Waals surface area contributed by atoms with Crippen molar-refractivity contribution in [1.82, 2.24) is 10.6 Å². The number of hydrogen-bond donors (Lipinski definition) is 2. The van der Waals surface area contributed by atoms with E-state index in [4.69, 9.17) is 0 Å². The maximum atomic E-state index is 11.7. The van der Waals surface area contributed by atoms with E-state index in [0.29, 0.717) is 19.0 Å². The highest BCUT2D eigenvalue weighted by Crippen LogP contribution is 2.10. The topological polar surface area (TPSA) is 58.2 Å². The molecule has 0 heterocycles. The Balaban J connectivity index is 2.29. The van der Waals surface area contributed by atoms with E-state index in [1.54, 1.807) is 0 Å². The summed E-state index contributed by atoms with van der Waals surface area (Å²) in [6, 6.07) is 9.55. The van der Waals surface area contributed by atoms with Crippen molar-refractivity contribution in [1.29, 1.82) is 0 Å². The summed E-state index contributed by atoms with van der Waals surface area (Å²) in [5.41, 5.74) is 0.980. The van der Waals surface area contributed by atoms with Crippen LogP contribution in [-0.4, -0.2) is 18.4 Å². The SMILES string of the molecule is CCCC[C@H](CC)CNC(=O)C(=O)NCc1ccccc1. The number of nitrogens with one attached hydrogen (secondary N) is 2. The average molecular weight is 290 g/mol. The molecule has 0 fully saturated rings. The normalized spacial score (nSPS) is 11.7. The van der Waals surface area contributed by atoms with E-state index < -0.39 is 11.8 Å². The van der Waals surface area contributed by atoms with Crippen LogP contribution in [0.15, 0.2) is 30.3 Å². The molecular formula is C17H26N2O2. The molecule has 0 radical (unpaired) electrons. The number of amides is 2. The lowest BCUT2D eigenvalue weighted by molar-refractivity contribution is -0.139. The van der Waals surface area contributed by atoms with Crippen LogP contribution >= 0.6 is 0 Å². The molecular weight excluding hydrogens is 264 g/mol. The Morgan fingerprint density at radius 1 is 1.05 bits per heavy atom. The number of unbranched alkanes of at least 4 members (excludes halogenated alkanes) is 1. The molecule has 21 heavy (non-hydrogen) atoms. The van der Waals surface area contributed by atoms with Crippen molar-refractivity contribution in [2.45, 2.75) is 46.1 Å². The Morgan fingerprint density at radius 2 is 1.71 bits per heavy atom. The molecule has 0 bridgehead atoms. The Hall–Kier alpha value is -1.84. The number of hydrogen-bond acceptors (Lipinski definition) is 2. The fourth-order valence-corrected chi connectivity index (χ4v) is 2.12. The minimum Gasteiger partial charge on any atom is -0.348 e. The van der Waals surface area contributed by atoms with Crippen molar-refractivity contribution in [3.05, 3.63) is 35.9 Å². The van der Waals surface area contributed by atoms with Gasteiger partial charge < -0.3 is 10.6 Å². The first kappa shape index (κ1) is 17.2. The molecule has 2 N–H and O–H groups in total. The third-order valence-electron chi connectivity index (χ3n) is 3.60. The van der Waals surface area contributed by atoms with Gasteiger partial charge in [0.15, 0.2) is 0 Å². The van der Waals surface area contributed by atoms with E-state index in [2.05, 4.69) is 24.5 Å². The van der Waals surface area contributed by atoms with Crippen molar-refractivity contribution < 1.29 is 9.59 Å². The molecule has 0 saturated heterocycles. The van der Waals surface area contributed by atoms with Gasteiger partial charge in [0.25, 0.3) is 0 Å². The van der Waals surface area contributed by atoms with Crippen LogP contribution in [0.1, 0.15) is 45.1 Å². The molecule has 1 aromatic rings. The van der Waals surface area contributed by atoms with Gasteiger partial charge >= 0.3 is 11.8 Å². The van der Waals surface area contributed by atoms with Crippen LogP contribution in [0.4, 0.5) is 0 Å². The fourth-order valence-electron chi connectivity index (χ4n) is 2.12. The third kappa shape index (κ3) is 6.93. The third-order valence-corrected chi connectivity index (χ3v) is 3.60. The predicted molar refractivity (Wildman–Crippen MR) is 84.6 cm³/mol. The summed E-state index contributed by atoms with van der Waals surface area (Å²) in [4.78, 5) is 23.4. The monoisotopic (exact) mass is 290 g/mol. The molecule has 0 spiro atoms. The molecule has 0 aliphatic heterocycles. The molecule has 0 unspecified atom stereocenters. The van der Waals surface area contributed by atoms with Crippen molar-refractivity contribution in [3.8, 4) is 0 Å². The largest absolute Gasteiger partial charge is 0.348 e. The lowest BCUT2D eigenvalue weighted by atomic mass is 9.99. The summed E-state index contributed by atoms with van der Waals surface area (Å²) >= 11 is 0. The number of rotatable bonds is 8. The zero-order chi connectivity index (χ0) is 15.5. The second-order valence-corrected chi connectivity index (χ2v) is 5.29. The Labute approximate surface area is 127 Å². The second kappa shape index (κ2) is 9.97. The van der Waals surface area contributed by atoms with E-state index in [-0.39, 0.29) is 0 Å². The van der Waals surface area contributed by atoms with Crippen LogP contribution in [0.5, 0.6) is 0 Å². The quantitative estimate of drug-likeness (QED) is 0.723. The molecule has 116 valence electrons. The van der Waals surface area contributed by atoms with Crippen LogP contribution in [0.25, 0.3) is 0 Å². The Bertz CT molecular complexity index is 432. The Kier molecular flexibility index (Phi) is 8.17. The lowest BCUT2D eigenvalue weighted by Crippen LogP contribution is -2.41. The first-order valence-electron chi connectivity index (χ1n) is 7.77. The van der Waals surface area contributed by atoms with Gasteiger partial charge in [-0.15, -0.1) is 0 Å². The van der Waals surface area contributed by atoms with E-state index >= 15 is 0 Å². The molecule has 1 atom stereocenters. The van der Waals surface area contributed by atoms with E-state index in [9.17, 15) is 9.59 Å². The predicted octanol–water partition coefficient (Wildman–Crippen LogP) is 2.64. The van der Waals surface area contributed by atoms with Crippen LogP contribution in [0.2, 0.25) is 0 Å². The zero-order valence-electron chi connectivity index (χ0n) is 13.0. The smallest absolute Gasteiger partial charge is 0.309 e. The second-order valence-electron chi connectivity index (χ2n) is 5.29. The first-order valence-corrected chi connectivity index (χ1v) is 7.77. The summed E-state index contributed by atoms with van der Waals surface area (Å²) in [6.07, 6.45) is 4.43. The number of benzene rings is 1. The van der Waals surface area contributed by atoms with Crippen LogP contribution in [-0.2, 0) is 16.1 Å². The number of carbonyl (C=O) groups excluding carboxylic acids is 2. The molecule has 0 aliphatic rings. The molecule has 0 aromatic heterocycles. The summed E-state index contributed by atoms with van der Waals surface area (Å²) in [7, 11) is 0. The summed E-state index contributed by atoms with van der Waals surface area (Å²) < 4.78 is 0. The zero-order valence-corrected chi connectivity index (χ0v) is 13.0. The first-order chi connectivity index (χ1) is 10.2. The highest BCUT2D eigenvalue weighted by atomic mass is 16.2. The molecule has 0 saturated carbocycles. The van der Waals surface area contributed by atoms with E-state index in [1.165, 1.54) is 0 Å². The van der Waals surface area contributed by atoms with Crippen molar-refractivity contribution in [2.75, 3.05) is 6.54 Å². The van der Waals surface area contributed by atoms with Gasteiger partial charge in [0.05, 0.1) is 0 Å². The molecule has 1 rings (SSSR count). The summed E-state index contributed by atoms with van der Waals surface area (Å²) in [5, 5.41) is 5.36. The molecule has 0 aliphatic carbocycles. The highest BCUT2D eigenvalue weighted by molar-refractivity contribution is 6.35. The van der Waals surface area contributed by atoms with Gasteiger partial charge in [0, 0.05) is 13.1 Å². The maximum absolute atomic E-state index is 11.7. The molecule has 1 aromatic carbocycles. The fraction of sp³-hybridized carbons (Fsp3) is 0.529. The van der Waals surface area contributed by atoms with Gasteiger partial charge in [-0.1, -0.05) is 63.4 Å². The van der Waals surface area contributed by atoms with Crippen LogP contribution < -0.4 is 10.6 Å². The van der Waals surface area contributed by atoms with Gasteiger partial charge in [0.2, 0.25) is 0 Å². The molecule has 2 amide bonds. The van der Waals surface area contributed by atoms with Crippen molar-refractivity contribution in [3.63, 3.8) is 0 Å². The van der Waals surface area contributed by atoms with Gasteiger partial charge in [-0.05, 0) is 17.9 Å².